The van der Waals surface area contributed by atoms with Gasteiger partial charge in [0.1, 0.15) is 47.4 Å². The number of rotatable bonds is 21. The molecule has 12 aliphatic carbocycles. The molecule has 2 heterocycles. The first kappa shape index (κ1) is 102. The van der Waals surface area contributed by atoms with Gasteiger partial charge in [-0.25, -0.2) is 0 Å². The Labute approximate surface area is 797 Å². The molecule has 2 N–H and O–H groups in total. The highest BCUT2D eigenvalue weighted by Gasteiger charge is 2.70. The Hall–Kier alpha value is -6.93. The van der Waals surface area contributed by atoms with Crippen molar-refractivity contribution >= 4 is 47.9 Å². The van der Waals surface area contributed by atoms with Crippen LogP contribution in [0.5, 0.6) is 17.2 Å². The van der Waals surface area contributed by atoms with Gasteiger partial charge in [-0.3, -0.25) is 24.0 Å². The molecule has 2 spiro atoms. The summed E-state index contributed by atoms with van der Waals surface area (Å²) >= 11 is 0. The van der Waals surface area contributed by atoms with Crippen LogP contribution in [0.1, 0.15) is 314 Å². The number of hydrogen-bond donors (Lipinski definition) is 2. The number of ether oxygens (including phenoxy) is 11. The monoisotopic (exact) mass is 1840 g/mol. The molecule has 3 aromatic carbocycles. The van der Waals surface area contributed by atoms with Crippen LogP contribution in [0.2, 0.25) is 0 Å². The van der Waals surface area contributed by atoms with Crippen molar-refractivity contribution in [3.8, 4) is 17.2 Å². The lowest BCUT2D eigenvalue weighted by Crippen LogP contribution is -2.57. The van der Waals surface area contributed by atoms with E-state index >= 15 is 0 Å². The van der Waals surface area contributed by atoms with Crippen LogP contribution < -0.4 is 14.2 Å². The number of fused-ring (bicyclic) bond motifs is 6. The normalized spacial score (nSPS) is 40.4. The van der Waals surface area contributed by atoms with Gasteiger partial charge in [-0.1, -0.05) is 173 Å². The number of Topliss-reactive ketones (excluding diaryl/α,β-unsaturated/α-hetero) is 1. The number of aliphatic hydroxyl groups is 2. The van der Waals surface area contributed by atoms with Gasteiger partial charge in [0.25, 0.3) is 0 Å². The zero-order chi connectivity index (χ0) is 95.4. The molecule has 0 aromatic heterocycles. The SMILES string of the molecule is C=C1CCC2C(OC(C)=O)C([C@@]3(C)CC[C@H](O)C[C@@H]3/C=C/c3ccc(OCC)cc3)CC[C@]12C.C=C[C@H]1C[C@@H](C)CC[C@]1(C)C1CC[C@@]2(C)C(CCC23OCCO3)C1OC(C)=O.CCOc1ccc(/C=C/[C@H]2C[C@@H](C)CC[C@]2(C)C2CC[C@@]3(C)C(CCC34OCCO4)C2OC(C)=O)cc1.CCOc1ccc(/C=C/[C@H]2C[C@@H](O)CC[C@]2(C)C2CC[C@]3(C)C(=O)CCC3C2OC(C)=O)cc1. The van der Waals surface area contributed by atoms with E-state index in [0.29, 0.717) is 106 Å². The van der Waals surface area contributed by atoms with Crippen LogP contribution in [0.15, 0.2) is 116 Å². The Morgan fingerprint density at radius 2 is 0.677 bits per heavy atom. The molecular formula is C115H166O18. The van der Waals surface area contributed by atoms with Gasteiger partial charge in [0, 0.05) is 111 Å². The number of ketones is 1. The number of allylic oxidation sites excluding steroid dienone is 5. The third-order valence-corrected chi connectivity index (χ3v) is 38.2. The summed E-state index contributed by atoms with van der Waals surface area (Å²) in [4.78, 5) is 61.8. The van der Waals surface area contributed by atoms with Crippen molar-refractivity contribution in [1.82, 2.24) is 0 Å². The topological polar surface area (TPSA) is 227 Å². The summed E-state index contributed by atoms with van der Waals surface area (Å²) in [5.74, 6) is 6.11. The average Bonchev–Trinajstić information content (AvgIpc) is 1.58. The number of carbonyl (C=O) groups excluding carboxylic acids is 5. The van der Waals surface area contributed by atoms with Crippen molar-refractivity contribution in [3.05, 3.63) is 133 Å². The minimum absolute atomic E-state index is 0.0354. The zero-order valence-corrected chi connectivity index (χ0v) is 84.1. The van der Waals surface area contributed by atoms with E-state index in [-0.39, 0.29) is 139 Å². The van der Waals surface area contributed by atoms with E-state index < -0.39 is 11.6 Å². The number of carbonyl (C=O) groups is 5. The first-order chi connectivity index (χ1) is 63.3. The van der Waals surface area contributed by atoms with Gasteiger partial charge in [0.2, 0.25) is 0 Å². The van der Waals surface area contributed by atoms with Crippen molar-refractivity contribution < 1.29 is 86.3 Å². The number of esters is 4. The van der Waals surface area contributed by atoms with E-state index in [4.69, 9.17) is 52.1 Å². The number of hydrogen-bond acceptors (Lipinski definition) is 18. The first-order valence-corrected chi connectivity index (χ1v) is 52.0. The van der Waals surface area contributed by atoms with Gasteiger partial charge in [0.05, 0.1) is 58.5 Å². The summed E-state index contributed by atoms with van der Waals surface area (Å²) < 4.78 is 66.4. The maximum absolute atomic E-state index is 12.8. The summed E-state index contributed by atoms with van der Waals surface area (Å²) in [7, 11) is 0. The molecule has 17 rings (SSSR count). The minimum atomic E-state index is -0.504. The fraction of sp³-hybridized carbons (Fsp3) is 0.713. The largest absolute Gasteiger partial charge is 0.494 e. The van der Waals surface area contributed by atoms with Crippen LogP contribution in [0.25, 0.3) is 18.2 Å². The Morgan fingerprint density at radius 1 is 0.376 bits per heavy atom. The molecule has 3 aromatic rings. The van der Waals surface area contributed by atoms with Gasteiger partial charge in [-0.15, -0.1) is 6.58 Å². The number of benzene rings is 3. The molecule has 0 amide bonds. The second kappa shape index (κ2) is 42.0. The minimum Gasteiger partial charge on any atom is -0.494 e. The Morgan fingerprint density at radius 3 is 1.03 bits per heavy atom. The zero-order valence-electron chi connectivity index (χ0n) is 84.1. The molecule has 14 fully saturated rings. The van der Waals surface area contributed by atoms with E-state index in [1.165, 1.54) is 50.2 Å². The second-order valence-electron chi connectivity index (χ2n) is 45.4. The standard InChI is InChI=1S/C32H46O5.C30H42O4.C29H40O5.C24H38O4/c1-6-34-26-11-8-24(9-12-26)7-10-25-21-22(2)13-16-30(25,4)27-14-17-31(5)28(29(27)37-23(3)33)15-18-32(31)35-19-20-36-32;1-6-33-25-12-9-22(10-13-25)8-11-23-19-24(32)15-17-30(23,5)27-16-18-29(4)20(2)7-14-26(29)28(27)34-21(3)31;1-5-33-23-10-7-20(8-11-23)6-9-21-18-22(31)14-16-28(21,3)25-15-17-29(4)24(12-13-26(29)32)27(25)34-19(2)30;1-6-18-15-16(2)7-10-22(18,4)19-8-11-23(5)20(21(19)28-17(3)25)9-12-24(23)26-13-14-27-24/h7-12,22,25,27-29H,6,13-21H2,1-5H3;8-13,23-24,26-28,32H,2,6-7,14-19H2,1,3-5H3;6-11,21-22,24-25,27,31H,5,12-18H2,1-4H3;6,16,18-21H,1,7-15H2,2-5H3/b10-7+;11-8+;9-6+;/t22-,25-,27?,28?,29?,30-,31-;23-,24-,26?,27?,28?,29+,30-;21-,22-,24?,25?,27?,28-,29-;16-,18-,19?,20?,21?,22-,23-/m0000/s1. The highest BCUT2D eigenvalue weighted by molar-refractivity contribution is 5.87. The fourth-order valence-electron chi connectivity index (χ4n) is 30.1. The van der Waals surface area contributed by atoms with Crippen LogP contribution in [-0.2, 0) is 61.9 Å². The summed E-state index contributed by atoms with van der Waals surface area (Å²) in [5, 5.41) is 21.2. The molecule has 133 heavy (non-hydrogen) atoms. The Bertz CT molecular complexity index is 4420. The van der Waals surface area contributed by atoms with Gasteiger partial charge < -0.3 is 62.3 Å². The molecule has 734 valence electrons. The summed E-state index contributed by atoms with van der Waals surface area (Å²) in [6.07, 6.45) is 42.1. The molecular weight excluding hydrogens is 1670 g/mol. The molecule has 12 saturated carbocycles. The smallest absolute Gasteiger partial charge is 0.302 e. The van der Waals surface area contributed by atoms with Crippen LogP contribution in [0.3, 0.4) is 0 Å². The summed E-state index contributed by atoms with van der Waals surface area (Å²) in [6.45, 7) is 48.8. The third-order valence-electron chi connectivity index (χ3n) is 38.2. The van der Waals surface area contributed by atoms with Gasteiger partial charge in [0.15, 0.2) is 11.6 Å². The molecule has 18 nitrogen and oxygen atoms in total. The maximum atomic E-state index is 12.8. The van der Waals surface area contributed by atoms with E-state index in [1.807, 2.05) is 57.2 Å². The van der Waals surface area contributed by atoms with Crippen molar-refractivity contribution in [2.75, 3.05) is 46.2 Å². The van der Waals surface area contributed by atoms with Crippen LogP contribution >= 0.6 is 0 Å². The molecule has 2 saturated heterocycles. The van der Waals surface area contributed by atoms with Crippen LogP contribution in [-0.4, -0.2) is 134 Å². The van der Waals surface area contributed by atoms with Crippen LogP contribution in [0.4, 0.5) is 0 Å². The van der Waals surface area contributed by atoms with E-state index in [2.05, 4.69) is 161 Å². The fourth-order valence-corrected chi connectivity index (χ4v) is 30.1. The third kappa shape index (κ3) is 20.6. The molecule has 0 bridgehead atoms. The van der Waals surface area contributed by atoms with Gasteiger partial charge in [-0.05, 0) is 284 Å². The van der Waals surface area contributed by atoms with Crippen molar-refractivity contribution in [2.45, 2.75) is 346 Å². The highest BCUT2D eigenvalue weighted by Crippen LogP contribution is 2.70. The second-order valence-corrected chi connectivity index (χ2v) is 45.4. The molecule has 14 aliphatic rings. The van der Waals surface area contributed by atoms with Crippen molar-refractivity contribution in [3.63, 3.8) is 0 Å². The molecule has 12 unspecified atom stereocenters. The Kier molecular flexibility index (Phi) is 32.2. The quantitative estimate of drug-likeness (QED) is 0.0574. The van der Waals surface area contributed by atoms with Crippen molar-refractivity contribution in [2.24, 2.45) is 126 Å². The predicted molar refractivity (Wildman–Crippen MR) is 522 cm³/mol. The van der Waals surface area contributed by atoms with Crippen LogP contribution in [0, 0.1) is 126 Å². The van der Waals surface area contributed by atoms with Gasteiger partial charge >= 0.3 is 23.9 Å². The maximum Gasteiger partial charge on any atom is 0.302 e. The summed E-state index contributed by atoms with van der Waals surface area (Å²) in [6, 6.07) is 24.6. The average molecular weight is 1840 g/mol. The van der Waals surface area contributed by atoms with E-state index in [0.717, 1.165) is 169 Å². The summed E-state index contributed by atoms with van der Waals surface area (Å²) in [5.41, 5.74) is 4.30. The number of aliphatic hydroxyl groups excluding tert-OH is 2. The molecule has 2 aliphatic heterocycles. The lowest BCUT2D eigenvalue weighted by atomic mass is 9.51. The first-order valence-electron chi connectivity index (χ1n) is 52.0. The Balaban J connectivity index is 0.000000143. The molecule has 18 heteroatoms. The lowest BCUT2D eigenvalue weighted by Gasteiger charge is -2.57. The molecule has 28 atom stereocenters. The van der Waals surface area contributed by atoms with Crippen molar-refractivity contribution in [1.29, 1.82) is 0 Å². The van der Waals surface area contributed by atoms with E-state index in [9.17, 15) is 34.2 Å². The van der Waals surface area contributed by atoms with Gasteiger partial charge in [-0.2, -0.15) is 0 Å². The van der Waals surface area contributed by atoms with E-state index in [1.54, 1.807) is 20.8 Å². The predicted octanol–water partition coefficient (Wildman–Crippen LogP) is 24.3. The highest BCUT2D eigenvalue weighted by atomic mass is 16.7. The lowest BCUT2D eigenvalue weighted by molar-refractivity contribution is -0.251. The molecule has 0 radical (unpaired) electrons.